The Hall–Kier alpha value is -3.24. The number of sulfonamides is 1. The van der Waals surface area contributed by atoms with Crippen LogP contribution in [-0.2, 0) is 43.7 Å². The number of methoxy groups -OCH3 is 1. The SMILES string of the molecule is CCNS(=O)(=O)c1ccc(CCC(=O)N(Cc2ccc(Cl)cc2)[C@H](Cc2ccccc2)C(=O)NCCOC)cc1. The van der Waals surface area contributed by atoms with Gasteiger partial charge in [-0.15, -0.1) is 0 Å². The van der Waals surface area contributed by atoms with Gasteiger partial charge in [-0.1, -0.05) is 73.1 Å². The summed E-state index contributed by atoms with van der Waals surface area (Å²) in [5, 5.41) is 3.48. The van der Waals surface area contributed by atoms with E-state index in [9.17, 15) is 18.0 Å². The lowest BCUT2D eigenvalue weighted by atomic mass is 10.0. The normalized spacial score (nSPS) is 12.1. The number of carbonyl (C=O) groups excluding carboxylic acids is 2. The molecule has 3 rings (SSSR count). The number of hydrogen-bond donors (Lipinski definition) is 2. The summed E-state index contributed by atoms with van der Waals surface area (Å²) in [4.78, 5) is 29.0. The van der Waals surface area contributed by atoms with Crippen LogP contribution < -0.4 is 10.0 Å². The van der Waals surface area contributed by atoms with Gasteiger partial charge in [-0.25, -0.2) is 13.1 Å². The molecule has 0 aliphatic carbocycles. The highest BCUT2D eigenvalue weighted by molar-refractivity contribution is 7.89. The first-order valence-electron chi connectivity index (χ1n) is 13.2. The Balaban J connectivity index is 1.85. The van der Waals surface area contributed by atoms with E-state index in [2.05, 4.69) is 10.0 Å². The molecule has 8 nitrogen and oxygen atoms in total. The maximum Gasteiger partial charge on any atom is 0.243 e. The molecular weight excluding hydrogens is 550 g/mol. The maximum atomic E-state index is 13.8. The molecule has 0 radical (unpaired) electrons. The van der Waals surface area contributed by atoms with Crippen LogP contribution in [0.1, 0.15) is 30.0 Å². The van der Waals surface area contributed by atoms with Crippen molar-refractivity contribution in [3.8, 4) is 0 Å². The van der Waals surface area contributed by atoms with Gasteiger partial charge in [0, 0.05) is 44.6 Å². The van der Waals surface area contributed by atoms with Crippen LogP contribution in [0.15, 0.2) is 83.8 Å². The third kappa shape index (κ3) is 9.45. The van der Waals surface area contributed by atoms with Crippen LogP contribution >= 0.6 is 11.6 Å². The minimum Gasteiger partial charge on any atom is -0.383 e. The summed E-state index contributed by atoms with van der Waals surface area (Å²) < 4.78 is 32.1. The highest BCUT2D eigenvalue weighted by atomic mass is 35.5. The highest BCUT2D eigenvalue weighted by Gasteiger charge is 2.30. The van der Waals surface area contributed by atoms with E-state index in [-0.39, 0.29) is 29.7 Å². The molecule has 0 saturated carbocycles. The van der Waals surface area contributed by atoms with Crippen molar-refractivity contribution in [1.82, 2.24) is 14.9 Å². The monoisotopic (exact) mass is 585 g/mol. The Morgan fingerprint density at radius 1 is 0.925 bits per heavy atom. The fourth-order valence-corrected chi connectivity index (χ4v) is 5.41. The van der Waals surface area contributed by atoms with Crippen molar-refractivity contribution in [3.05, 3.63) is 101 Å². The Morgan fingerprint density at radius 3 is 2.20 bits per heavy atom. The summed E-state index contributed by atoms with van der Waals surface area (Å²) in [6.07, 6.45) is 0.875. The zero-order valence-corrected chi connectivity index (χ0v) is 24.4. The number of ether oxygens (including phenoxy) is 1. The summed E-state index contributed by atoms with van der Waals surface area (Å²) in [6, 6.07) is 22.5. The Morgan fingerprint density at radius 2 is 1.57 bits per heavy atom. The van der Waals surface area contributed by atoms with Gasteiger partial charge in [0.25, 0.3) is 0 Å². The van der Waals surface area contributed by atoms with E-state index < -0.39 is 16.1 Å². The fourth-order valence-electron chi connectivity index (χ4n) is 4.24. The summed E-state index contributed by atoms with van der Waals surface area (Å²) in [5.74, 6) is -0.455. The highest BCUT2D eigenvalue weighted by Crippen LogP contribution is 2.19. The molecule has 2 N–H and O–H groups in total. The summed E-state index contributed by atoms with van der Waals surface area (Å²) in [6.45, 7) is 2.92. The predicted molar refractivity (Wildman–Crippen MR) is 156 cm³/mol. The van der Waals surface area contributed by atoms with Crippen LogP contribution in [0, 0.1) is 0 Å². The Bertz CT molecular complexity index is 1330. The van der Waals surface area contributed by atoms with Crippen molar-refractivity contribution >= 4 is 33.4 Å². The molecule has 0 bridgehead atoms. The summed E-state index contributed by atoms with van der Waals surface area (Å²) >= 11 is 6.08. The Labute approximate surface area is 241 Å². The van der Waals surface area contributed by atoms with Crippen molar-refractivity contribution < 1.29 is 22.7 Å². The summed E-state index contributed by atoms with van der Waals surface area (Å²) in [5.41, 5.74) is 2.60. The first-order valence-corrected chi connectivity index (χ1v) is 15.0. The standard InChI is InChI=1S/C30H36ClN3O5S/c1-3-33-40(37,38)27-16-11-23(12-17-27)13-18-29(35)34(22-25-9-14-26(31)15-10-25)28(30(36)32-19-20-39-2)21-24-7-5-4-6-8-24/h4-12,14-17,28,33H,3,13,18-22H2,1-2H3,(H,32,36)/t28-/m1/s1. The van der Waals surface area contributed by atoms with E-state index in [0.29, 0.717) is 37.6 Å². The lowest BCUT2D eigenvalue weighted by Gasteiger charge is -2.31. The van der Waals surface area contributed by atoms with Gasteiger partial charge in [0.15, 0.2) is 0 Å². The smallest absolute Gasteiger partial charge is 0.243 e. The number of amides is 2. The molecule has 40 heavy (non-hydrogen) atoms. The Kier molecular flexibility index (Phi) is 12.1. The molecule has 3 aromatic rings. The minimum absolute atomic E-state index is 0.142. The molecule has 0 saturated heterocycles. The molecule has 1 atom stereocenters. The van der Waals surface area contributed by atoms with Gasteiger partial charge in [0.05, 0.1) is 11.5 Å². The van der Waals surface area contributed by atoms with Gasteiger partial charge in [0.2, 0.25) is 21.8 Å². The molecule has 0 aliphatic rings. The van der Waals surface area contributed by atoms with Crippen LogP contribution in [0.2, 0.25) is 5.02 Å². The zero-order chi connectivity index (χ0) is 29.0. The van der Waals surface area contributed by atoms with E-state index in [4.69, 9.17) is 16.3 Å². The van der Waals surface area contributed by atoms with Gasteiger partial charge >= 0.3 is 0 Å². The molecule has 2 amide bonds. The second-order valence-electron chi connectivity index (χ2n) is 9.28. The predicted octanol–water partition coefficient (Wildman–Crippen LogP) is 3.97. The molecule has 3 aromatic carbocycles. The van der Waals surface area contributed by atoms with Crippen LogP contribution in [0.4, 0.5) is 0 Å². The number of rotatable bonds is 15. The third-order valence-electron chi connectivity index (χ3n) is 6.34. The quantitative estimate of drug-likeness (QED) is 0.263. The van der Waals surface area contributed by atoms with Crippen molar-refractivity contribution in [2.24, 2.45) is 0 Å². The molecule has 10 heteroatoms. The number of carbonyl (C=O) groups is 2. The van der Waals surface area contributed by atoms with E-state index in [1.165, 1.54) is 12.1 Å². The average Bonchev–Trinajstić information content (AvgIpc) is 2.95. The van der Waals surface area contributed by atoms with E-state index >= 15 is 0 Å². The number of aryl methyl sites for hydroxylation is 1. The van der Waals surface area contributed by atoms with Crippen molar-refractivity contribution in [2.45, 2.75) is 43.7 Å². The lowest BCUT2D eigenvalue weighted by molar-refractivity contribution is -0.141. The van der Waals surface area contributed by atoms with Crippen LogP contribution in [0.25, 0.3) is 0 Å². The molecule has 214 valence electrons. The molecule has 0 fully saturated rings. The zero-order valence-electron chi connectivity index (χ0n) is 22.8. The first-order chi connectivity index (χ1) is 19.2. The number of hydrogen-bond acceptors (Lipinski definition) is 5. The maximum absolute atomic E-state index is 13.8. The second-order valence-corrected chi connectivity index (χ2v) is 11.5. The van der Waals surface area contributed by atoms with Crippen LogP contribution in [-0.4, -0.2) is 58.0 Å². The molecule has 0 heterocycles. The number of benzene rings is 3. The molecular formula is C30H36ClN3O5S. The average molecular weight is 586 g/mol. The fraction of sp³-hybridized carbons (Fsp3) is 0.333. The van der Waals surface area contributed by atoms with Gasteiger partial charge in [-0.05, 0) is 47.4 Å². The second kappa shape index (κ2) is 15.5. The van der Waals surface area contributed by atoms with Gasteiger partial charge in [-0.2, -0.15) is 0 Å². The molecule has 0 spiro atoms. The largest absolute Gasteiger partial charge is 0.383 e. The van der Waals surface area contributed by atoms with Gasteiger partial charge in [-0.3, -0.25) is 9.59 Å². The third-order valence-corrected chi connectivity index (χ3v) is 8.15. The van der Waals surface area contributed by atoms with Crippen molar-refractivity contribution in [1.29, 1.82) is 0 Å². The van der Waals surface area contributed by atoms with E-state index in [1.54, 1.807) is 43.2 Å². The van der Waals surface area contributed by atoms with Crippen molar-refractivity contribution in [2.75, 3.05) is 26.8 Å². The van der Waals surface area contributed by atoms with Gasteiger partial charge < -0.3 is 15.0 Å². The lowest BCUT2D eigenvalue weighted by Crippen LogP contribution is -2.51. The molecule has 0 aliphatic heterocycles. The number of nitrogens with zero attached hydrogens (tertiary/aromatic N) is 1. The number of halogens is 1. The number of nitrogens with one attached hydrogen (secondary N) is 2. The topological polar surface area (TPSA) is 105 Å². The van der Waals surface area contributed by atoms with Crippen LogP contribution in [0.3, 0.4) is 0 Å². The van der Waals surface area contributed by atoms with Gasteiger partial charge in [0.1, 0.15) is 6.04 Å². The van der Waals surface area contributed by atoms with E-state index in [0.717, 1.165) is 16.7 Å². The molecule has 0 aromatic heterocycles. The molecule has 0 unspecified atom stereocenters. The summed E-state index contributed by atoms with van der Waals surface area (Å²) in [7, 11) is -2.00. The van der Waals surface area contributed by atoms with Crippen molar-refractivity contribution in [3.63, 3.8) is 0 Å². The van der Waals surface area contributed by atoms with Crippen LogP contribution in [0.5, 0.6) is 0 Å². The van der Waals surface area contributed by atoms with E-state index in [1.807, 2.05) is 42.5 Å². The first kappa shape index (κ1) is 31.3. The minimum atomic E-state index is -3.56.